The Hall–Kier alpha value is -3.81. The molecule has 0 saturated carbocycles. The van der Waals surface area contributed by atoms with E-state index in [0.717, 1.165) is 40.2 Å². The van der Waals surface area contributed by atoms with Gasteiger partial charge < -0.3 is 14.5 Å². The Morgan fingerprint density at radius 2 is 1.87 bits per heavy atom. The summed E-state index contributed by atoms with van der Waals surface area (Å²) in [6, 6.07) is 14.4. The van der Waals surface area contributed by atoms with E-state index < -0.39 is 18.0 Å². The van der Waals surface area contributed by atoms with Gasteiger partial charge in [-0.2, -0.15) is 0 Å². The van der Waals surface area contributed by atoms with Gasteiger partial charge >= 0.3 is 6.36 Å². The van der Waals surface area contributed by atoms with E-state index in [1.807, 2.05) is 54.9 Å². The van der Waals surface area contributed by atoms with Crippen LogP contribution in [0, 0.1) is 13.8 Å². The van der Waals surface area contributed by atoms with Crippen molar-refractivity contribution in [3.05, 3.63) is 83.7 Å². The van der Waals surface area contributed by atoms with Crippen molar-refractivity contribution < 1.29 is 22.7 Å². The van der Waals surface area contributed by atoms with Crippen molar-refractivity contribution in [3.63, 3.8) is 0 Å². The molecule has 158 valence electrons. The summed E-state index contributed by atoms with van der Waals surface area (Å²) in [4.78, 5) is 17.3. The number of aryl methyl sites for hydroxylation is 2. The second-order valence-electron chi connectivity index (χ2n) is 7.16. The molecule has 0 aliphatic heterocycles. The molecule has 2 heterocycles. The average Bonchev–Trinajstić information content (AvgIpc) is 3.11. The van der Waals surface area contributed by atoms with Gasteiger partial charge in [-0.3, -0.25) is 4.79 Å². The summed E-state index contributed by atoms with van der Waals surface area (Å²) in [5.74, 6) is -0.996. The molecule has 0 saturated heterocycles. The zero-order valence-corrected chi connectivity index (χ0v) is 16.7. The number of carbonyl (C=O) groups excluding carboxylic acids is 1. The topological polar surface area (TPSA) is 55.6 Å². The molecule has 0 spiro atoms. The lowest BCUT2D eigenvalue weighted by Gasteiger charge is -2.12. The molecule has 0 atom stereocenters. The van der Waals surface area contributed by atoms with E-state index in [2.05, 4.69) is 15.0 Å². The van der Waals surface area contributed by atoms with Crippen molar-refractivity contribution >= 4 is 17.2 Å². The fraction of sp³-hybridized carbons (Fsp3) is 0.130. The number of nitrogens with one attached hydrogen (secondary N) is 1. The SMILES string of the molecule is Cc1ccn2cc(-c3ccc(C)c(NC(=O)c4cccc(OC(F)(F)F)c4)c3)nc2c1. The number of anilines is 1. The van der Waals surface area contributed by atoms with Crippen molar-refractivity contribution in [3.8, 4) is 17.0 Å². The van der Waals surface area contributed by atoms with Crippen LogP contribution in [-0.4, -0.2) is 21.7 Å². The second kappa shape index (κ2) is 7.79. The molecular weight excluding hydrogens is 407 g/mol. The molecule has 0 aliphatic rings. The second-order valence-corrected chi connectivity index (χ2v) is 7.16. The molecular formula is C23H18F3N3O2. The van der Waals surface area contributed by atoms with E-state index >= 15 is 0 Å². The maximum absolute atomic E-state index is 12.6. The highest BCUT2D eigenvalue weighted by atomic mass is 19.4. The lowest BCUT2D eigenvalue weighted by atomic mass is 10.1. The van der Waals surface area contributed by atoms with Crippen LogP contribution in [0.5, 0.6) is 5.75 Å². The molecule has 0 fully saturated rings. The highest BCUT2D eigenvalue weighted by molar-refractivity contribution is 6.05. The Morgan fingerprint density at radius 1 is 1.06 bits per heavy atom. The van der Waals surface area contributed by atoms with Crippen molar-refractivity contribution in [1.29, 1.82) is 0 Å². The minimum atomic E-state index is -4.83. The lowest BCUT2D eigenvalue weighted by Crippen LogP contribution is -2.18. The first-order chi connectivity index (χ1) is 14.7. The quantitative estimate of drug-likeness (QED) is 0.452. The van der Waals surface area contributed by atoms with E-state index in [-0.39, 0.29) is 5.56 Å². The predicted octanol–water partition coefficient (Wildman–Crippen LogP) is 5.77. The van der Waals surface area contributed by atoms with Gasteiger partial charge in [0.2, 0.25) is 0 Å². The van der Waals surface area contributed by atoms with Crippen LogP contribution in [-0.2, 0) is 0 Å². The number of nitrogens with zero attached hydrogens (tertiary/aromatic N) is 2. The van der Waals surface area contributed by atoms with E-state index in [9.17, 15) is 18.0 Å². The first-order valence-corrected chi connectivity index (χ1v) is 9.41. The molecule has 31 heavy (non-hydrogen) atoms. The van der Waals surface area contributed by atoms with Crippen LogP contribution >= 0.6 is 0 Å². The maximum atomic E-state index is 12.6. The number of fused-ring (bicyclic) bond motifs is 1. The first-order valence-electron chi connectivity index (χ1n) is 9.41. The summed E-state index contributed by atoms with van der Waals surface area (Å²) in [6.07, 6.45) is -1.01. The third kappa shape index (κ3) is 4.69. The first kappa shape index (κ1) is 20.5. The van der Waals surface area contributed by atoms with Gasteiger partial charge in [-0.25, -0.2) is 4.98 Å². The van der Waals surface area contributed by atoms with Gasteiger partial charge in [0.15, 0.2) is 0 Å². The van der Waals surface area contributed by atoms with Crippen molar-refractivity contribution in [1.82, 2.24) is 9.38 Å². The third-order valence-corrected chi connectivity index (χ3v) is 4.73. The monoisotopic (exact) mass is 425 g/mol. The molecule has 4 aromatic rings. The number of amides is 1. The summed E-state index contributed by atoms with van der Waals surface area (Å²) >= 11 is 0. The van der Waals surface area contributed by atoms with Crippen LogP contribution in [0.4, 0.5) is 18.9 Å². The smallest absolute Gasteiger partial charge is 0.406 e. The zero-order valence-electron chi connectivity index (χ0n) is 16.7. The Labute approximate surface area is 176 Å². The number of hydrogen-bond acceptors (Lipinski definition) is 3. The molecule has 1 amide bonds. The summed E-state index contributed by atoms with van der Waals surface area (Å²) in [5.41, 5.74) is 4.84. The Morgan fingerprint density at radius 3 is 2.65 bits per heavy atom. The van der Waals surface area contributed by atoms with Gasteiger partial charge in [-0.05, 0) is 61.4 Å². The van der Waals surface area contributed by atoms with Crippen molar-refractivity contribution in [2.75, 3.05) is 5.32 Å². The molecule has 8 heteroatoms. The number of hydrogen-bond donors (Lipinski definition) is 1. The molecule has 0 radical (unpaired) electrons. The van der Waals surface area contributed by atoms with Gasteiger partial charge in [0.25, 0.3) is 5.91 Å². The van der Waals surface area contributed by atoms with Crippen LogP contribution in [0.3, 0.4) is 0 Å². The predicted molar refractivity (Wildman–Crippen MR) is 111 cm³/mol. The number of carbonyl (C=O) groups is 1. The molecule has 5 nitrogen and oxygen atoms in total. The van der Waals surface area contributed by atoms with Crippen molar-refractivity contribution in [2.45, 2.75) is 20.2 Å². The third-order valence-electron chi connectivity index (χ3n) is 4.73. The zero-order chi connectivity index (χ0) is 22.2. The van der Waals surface area contributed by atoms with E-state index in [1.165, 1.54) is 12.1 Å². The lowest BCUT2D eigenvalue weighted by molar-refractivity contribution is -0.274. The van der Waals surface area contributed by atoms with Crippen LogP contribution in [0.2, 0.25) is 0 Å². The Bertz CT molecular complexity index is 1280. The van der Waals surface area contributed by atoms with Gasteiger partial charge in [-0.15, -0.1) is 13.2 Å². The number of aromatic nitrogens is 2. The fourth-order valence-electron chi connectivity index (χ4n) is 3.17. The Balaban J connectivity index is 1.60. The largest absolute Gasteiger partial charge is 0.573 e. The molecule has 0 bridgehead atoms. The van der Waals surface area contributed by atoms with E-state index in [1.54, 1.807) is 6.07 Å². The number of benzene rings is 2. The Kier molecular flexibility index (Phi) is 5.14. The summed E-state index contributed by atoms with van der Waals surface area (Å²) < 4.78 is 43.1. The number of pyridine rings is 1. The van der Waals surface area contributed by atoms with E-state index in [0.29, 0.717) is 5.69 Å². The highest BCUT2D eigenvalue weighted by Crippen LogP contribution is 2.27. The molecule has 0 unspecified atom stereocenters. The van der Waals surface area contributed by atoms with Gasteiger partial charge in [0.1, 0.15) is 11.4 Å². The van der Waals surface area contributed by atoms with Crippen molar-refractivity contribution in [2.24, 2.45) is 0 Å². The number of halogens is 3. The van der Waals surface area contributed by atoms with E-state index in [4.69, 9.17) is 0 Å². The van der Waals surface area contributed by atoms with Gasteiger partial charge in [-0.1, -0.05) is 18.2 Å². The normalized spacial score (nSPS) is 11.5. The average molecular weight is 425 g/mol. The van der Waals surface area contributed by atoms with Crippen LogP contribution in [0.15, 0.2) is 67.0 Å². The molecule has 2 aromatic carbocycles. The highest BCUT2D eigenvalue weighted by Gasteiger charge is 2.31. The van der Waals surface area contributed by atoms with Crippen LogP contribution in [0.1, 0.15) is 21.5 Å². The fourth-order valence-corrected chi connectivity index (χ4v) is 3.17. The number of imidazole rings is 1. The minimum absolute atomic E-state index is 0.0507. The molecule has 2 aromatic heterocycles. The summed E-state index contributed by atoms with van der Waals surface area (Å²) in [5, 5.41) is 2.76. The maximum Gasteiger partial charge on any atom is 0.573 e. The summed E-state index contributed by atoms with van der Waals surface area (Å²) in [7, 11) is 0. The summed E-state index contributed by atoms with van der Waals surface area (Å²) in [6.45, 7) is 3.82. The number of rotatable bonds is 4. The van der Waals surface area contributed by atoms with Crippen LogP contribution in [0.25, 0.3) is 16.9 Å². The minimum Gasteiger partial charge on any atom is -0.406 e. The molecule has 4 rings (SSSR count). The molecule has 1 N–H and O–H groups in total. The molecule has 0 aliphatic carbocycles. The number of ether oxygens (including phenoxy) is 1. The number of alkyl halides is 3. The van der Waals surface area contributed by atoms with Gasteiger partial charge in [0, 0.05) is 29.2 Å². The van der Waals surface area contributed by atoms with Crippen LogP contribution < -0.4 is 10.1 Å². The standard InChI is InChI=1S/C23H18F3N3O2/c1-14-8-9-29-13-20(27-21(29)10-14)16-7-6-15(2)19(12-16)28-22(30)17-4-3-5-18(11-17)31-23(24,25)26/h3-13H,1-2H3,(H,28,30). The van der Waals surface area contributed by atoms with Gasteiger partial charge in [0.05, 0.1) is 5.69 Å².